The lowest BCUT2D eigenvalue weighted by atomic mass is 9.88. The zero-order valence-electron chi connectivity index (χ0n) is 10.5. The third-order valence-corrected chi connectivity index (χ3v) is 3.25. The largest absolute Gasteiger partial charge is 0.466 e. The summed E-state index contributed by atoms with van der Waals surface area (Å²) in [6.45, 7) is 4.79. The summed E-state index contributed by atoms with van der Waals surface area (Å²) >= 11 is 0. The zero-order chi connectivity index (χ0) is 12.0. The van der Waals surface area contributed by atoms with Gasteiger partial charge in [0.2, 0.25) is 0 Å². The maximum absolute atomic E-state index is 11.9. The van der Waals surface area contributed by atoms with E-state index in [4.69, 9.17) is 9.47 Å². The minimum Gasteiger partial charge on any atom is -0.466 e. The van der Waals surface area contributed by atoms with Crippen LogP contribution in [-0.4, -0.2) is 26.3 Å². The van der Waals surface area contributed by atoms with Crippen molar-refractivity contribution in [3.8, 4) is 0 Å². The van der Waals surface area contributed by atoms with Crippen LogP contribution in [0.3, 0.4) is 0 Å². The van der Waals surface area contributed by atoms with Crippen LogP contribution in [0.5, 0.6) is 0 Å². The second kappa shape index (κ2) is 6.69. The van der Waals surface area contributed by atoms with Crippen LogP contribution in [0.2, 0.25) is 0 Å². The van der Waals surface area contributed by atoms with Crippen LogP contribution in [0.25, 0.3) is 0 Å². The van der Waals surface area contributed by atoms with E-state index in [1.807, 2.05) is 13.8 Å². The van der Waals surface area contributed by atoms with Crippen molar-refractivity contribution in [2.45, 2.75) is 33.1 Å². The topological polar surface area (TPSA) is 35.5 Å². The highest BCUT2D eigenvalue weighted by Gasteiger charge is 2.34. The van der Waals surface area contributed by atoms with Crippen molar-refractivity contribution in [2.75, 3.05) is 20.3 Å². The molecule has 0 amide bonds. The van der Waals surface area contributed by atoms with Gasteiger partial charge in [0.05, 0.1) is 19.1 Å². The summed E-state index contributed by atoms with van der Waals surface area (Å²) < 4.78 is 10.3. The third-order valence-electron chi connectivity index (χ3n) is 3.25. The molecule has 1 saturated carbocycles. The third kappa shape index (κ3) is 3.08. The first-order valence-corrected chi connectivity index (χ1v) is 6.05. The number of hydrogen-bond acceptors (Lipinski definition) is 3. The van der Waals surface area contributed by atoms with Gasteiger partial charge in [-0.3, -0.25) is 4.79 Å². The molecule has 1 unspecified atom stereocenters. The Hall–Kier alpha value is -0.830. The molecule has 0 saturated heterocycles. The maximum atomic E-state index is 11.9. The van der Waals surface area contributed by atoms with Gasteiger partial charge in [0.15, 0.2) is 0 Å². The van der Waals surface area contributed by atoms with Gasteiger partial charge in [-0.1, -0.05) is 11.6 Å². The van der Waals surface area contributed by atoms with Crippen molar-refractivity contribution < 1.29 is 14.3 Å². The van der Waals surface area contributed by atoms with Crippen molar-refractivity contribution in [2.24, 2.45) is 11.8 Å². The molecule has 0 N–H and O–H groups in total. The number of rotatable bonds is 5. The first-order valence-electron chi connectivity index (χ1n) is 6.05. The molecule has 92 valence electrons. The Morgan fingerprint density at radius 3 is 2.94 bits per heavy atom. The van der Waals surface area contributed by atoms with Crippen LogP contribution >= 0.6 is 0 Å². The first-order chi connectivity index (χ1) is 7.74. The van der Waals surface area contributed by atoms with Crippen molar-refractivity contribution in [1.82, 2.24) is 0 Å². The lowest BCUT2D eigenvalue weighted by molar-refractivity contribution is -0.151. The zero-order valence-corrected chi connectivity index (χ0v) is 10.5. The molecule has 2 atom stereocenters. The minimum absolute atomic E-state index is 0.115. The van der Waals surface area contributed by atoms with Gasteiger partial charge in [0.25, 0.3) is 0 Å². The molecule has 0 aromatic rings. The summed E-state index contributed by atoms with van der Waals surface area (Å²) in [6, 6.07) is 0. The minimum atomic E-state index is -0.126. The number of esters is 1. The molecular weight excluding hydrogens is 204 g/mol. The predicted molar refractivity (Wildman–Crippen MR) is 63.1 cm³/mol. The Bertz CT molecular complexity index is 258. The van der Waals surface area contributed by atoms with E-state index in [0.717, 1.165) is 12.8 Å². The van der Waals surface area contributed by atoms with Crippen LogP contribution in [0.1, 0.15) is 33.1 Å². The highest BCUT2D eigenvalue weighted by Crippen LogP contribution is 2.37. The summed E-state index contributed by atoms with van der Waals surface area (Å²) in [7, 11) is 1.64. The molecule has 0 spiro atoms. The smallest absolute Gasteiger partial charge is 0.311 e. The second-order valence-corrected chi connectivity index (χ2v) is 4.18. The molecule has 1 aliphatic rings. The molecule has 1 fully saturated rings. The predicted octanol–water partition coefficient (Wildman–Crippen LogP) is 2.56. The molecule has 3 heteroatoms. The Morgan fingerprint density at radius 2 is 2.38 bits per heavy atom. The quantitative estimate of drug-likeness (QED) is 0.534. The van der Waals surface area contributed by atoms with Crippen LogP contribution in [0.15, 0.2) is 11.6 Å². The lowest BCUT2D eigenvalue weighted by Gasteiger charge is -2.22. The van der Waals surface area contributed by atoms with Crippen molar-refractivity contribution in [1.29, 1.82) is 0 Å². The van der Waals surface area contributed by atoms with E-state index in [0.29, 0.717) is 19.1 Å². The normalized spacial score (nSPS) is 24.7. The van der Waals surface area contributed by atoms with E-state index in [1.165, 1.54) is 12.0 Å². The van der Waals surface area contributed by atoms with E-state index in [2.05, 4.69) is 6.08 Å². The molecule has 1 rings (SSSR count). The van der Waals surface area contributed by atoms with Gasteiger partial charge in [0, 0.05) is 7.11 Å². The van der Waals surface area contributed by atoms with Crippen molar-refractivity contribution in [3.63, 3.8) is 0 Å². The van der Waals surface area contributed by atoms with E-state index in [1.54, 1.807) is 7.11 Å². The number of carbonyl (C=O) groups excluding carboxylic acids is 1. The average Bonchev–Trinajstić information content (AvgIpc) is 2.73. The van der Waals surface area contributed by atoms with Gasteiger partial charge < -0.3 is 9.47 Å². The van der Waals surface area contributed by atoms with Crippen LogP contribution in [0, 0.1) is 11.8 Å². The maximum Gasteiger partial charge on any atom is 0.311 e. The van der Waals surface area contributed by atoms with Crippen molar-refractivity contribution >= 4 is 5.97 Å². The Balaban J connectivity index is 2.72. The molecule has 0 aromatic carbocycles. The molecule has 16 heavy (non-hydrogen) atoms. The molecule has 0 aliphatic heterocycles. The Labute approximate surface area is 97.8 Å². The molecule has 0 bridgehead atoms. The van der Waals surface area contributed by atoms with Gasteiger partial charge in [-0.05, 0) is 39.0 Å². The van der Waals surface area contributed by atoms with Gasteiger partial charge >= 0.3 is 5.97 Å². The summed E-state index contributed by atoms with van der Waals surface area (Å²) in [5.41, 5.74) is 1.38. The summed E-state index contributed by atoms with van der Waals surface area (Å²) in [5, 5.41) is 0. The van der Waals surface area contributed by atoms with Gasteiger partial charge in [-0.25, -0.2) is 0 Å². The fourth-order valence-corrected chi connectivity index (χ4v) is 2.49. The van der Waals surface area contributed by atoms with Crippen LogP contribution < -0.4 is 0 Å². The van der Waals surface area contributed by atoms with Gasteiger partial charge in [-0.2, -0.15) is 0 Å². The molecule has 1 aliphatic carbocycles. The van der Waals surface area contributed by atoms with E-state index in [9.17, 15) is 4.79 Å². The van der Waals surface area contributed by atoms with E-state index in [-0.39, 0.29) is 11.9 Å². The molecule has 0 aromatic heterocycles. The highest BCUT2D eigenvalue weighted by atomic mass is 16.5. The molecule has 0 radical (unpaired) electrons. The number of hydrogen-bond donors (Lipinski definition) is 0. The van der Waals surface area contributed by atoms with Crippen LogP contribution in [-0.2, 0) is 14.3 Å². The summed E-state index contributed by atoms with van der Waals surface area (Å²) in [5.74, 6) is 0.0817. The second-order valence-electron chi connectivity index (χ2n) is 4.18. The number of methoxy groups -OCH3 is 1. The standard InChI is InChI=1S/C13H22O3/c1-4-10-7-6-8-11(10)12(9-15-3)13(14)16-5-2/h4,11-12H,5-9H2,1-3H3/b10-4+/t11-,12?/m0/s1. The molecule has 0 heterocycles. The Morgan fingerprint density at radius 1 is 1.62 bits per heavy atom. The van der Waals surface area contributed by atoms with Gasteiger partial charge in [-0.15, -0.1) is 0 Å². The van der Waals surface area contributed by atoms with E-state index >= 15 is 0 Å². The monoisotopic (exact) mass is 226 g/mol. The fourth-order valence-electron chi connectivity index (χ4n) is 2.49. The van der Waals surface area contributed by atoms with Crippen molar-refractivity contribution in [3.05, 3.63) is 11.6 Å². The summed E-state index contributed by atoms with van der Waals surface area (Å²) in [4.78, 5) is 11.9. The van der Waals surface area contributed by atoms with Gasteiger partial charge in [0.1, 0.15) is 0 Å². The Kier molecular flexibility index (Phi) is 5.53. The number of allylic oxidation sites excluding steroid dienone is 2. The fraction of sp³-hybridized carbons (Fsp3) is 0.769. The summed E-state index contributed by atoms with van der Waals surface area (Å²) in [6.07, 6.45) is 5.50. The highest BCUT2D eigenvalue weighted by molar-refractivity contribution is 5.73. The van der Waals surface area contributed by atoms with Crippen LogP contribution in [0.4, 0.5) is 0 Å². The average molecular weight is 226 g/mol. The first kappa shape index (κ1) is 13.2. The number of ether oxygens (including phenoxy) is 2. The lowest BCUT2D eigenvalue weighted by Crippen LogP contribution is -2.29. The SMILES string of the molecule is C/C=C1\CCC[C@@H]1C(COC)C(=O)OCC. The van der Waals surface area contributed by atoms with E-state index < -0.39 is 0 Å². The molecule has 3 nitrogen and oxygen atoms in total. The molecular formula is C13H22O3. The number of carbonyl (C=O) groups is 1.